The van der Waals surface area contributed by atoms with Crippen LogP contribution in [-0.4, -0.2) is 6.10 Å². The Hall–Kier alpha value is -0.0400. The van der Waals surface area contributed by atoms with E-state index in [0.29, 0.717) is 11.8 Å². The number of rotatable bonds is 0. The molecule has 0 spiro atoms. The molecule has 0 aromatic carbocycles. The minimum absolute atomic E-state index is 0.241. The largest absolute Gasteiger partial charge is 0.233 e. The standard InChI is InChI=1S/C6H11O/c1-4-3-6(7)5(4)2/h4-6H,3H2,1-2H3/t4?,5-,6+/m0/s1. The summed E-state index contributed by atoms with van der Waals surface area (Å²) in [5, 5.41) is 10.5. The van der Waals surface area contributed by atoms with E-state index < -0.39 is 0 Å². The van der Waals surface area contributed by atoms with Gasteiger partial charge < -0.3 is 0 Å². The van der Waals surface area contributed by atoms with Crippen LogP contribution in [0.5, 0.6) is 0 Å². The molecular formula is C6H11O. The first kappa shape index (κ1) is 5.10. The summed E-state index contributed by atoms with van der Waals surface area (Å²) in [5.41, 5.74) is 0. The van der Waals surface area contributed by atoms with Crippen LogP contribution in [0.4, 0.5) is 0 Å². The van der Waals surface area contributed by atoms with Gasteiger partial charge in [0.1, 0.15) is 0 Å². The molecular weight excluding hydrogens is 88.1 g/mol. The summed E-state index contributed by atoms with van der Waals surface area (Å²) >= 11 is 0. The second-order valence-corrected chi connectivity index (χ2v) is 2.61. The first-order valence-corrected chi connectivity index (χ1v) is 2.87. The molecule has 1 aliphatic carbocycles. The lowest BCUT2D eigenvalue weighted by atomic mass is 9.74. The fourth-order valence-electron chi connectivity index (χ4n) is 0.966. The maximum absolute atomic E-state index is 10.5. The lowest BCUT2D eigenvalue weighted by Gasteiger charge is -2.34. The summed E-state index contributed by atoms with van der Waals surface area (Å²) in [5.74, 6) is 1.14. The molecule has 1 aliphatic rings. The Morgan fingerprint density at radius 2 is 2.00 bits per heavy atom. The third kappa shape index (κ3) is 0.653. The van der Waals surface area contributed by atoms with E-state index in [1.165, 1.54) is 0 Å². The third-order valence-corrected chi connectivity index (χ3v) is 2.09. The fourth-order valence-corrected chi connectivity index (χ4v) is 0.966. The predicted molar refractivity (Wildman–Crippen MR) is 27.4 cm³/mol. The highest BCUT2D eigenvalue weighted by Crippen LogP contribution is 2.33. The van der Waals surface area contributed by atoms with Crippen LogP contribution in [-0.2, 0) is 5.11 Å². The minimum Gasteiger partial charge on any atom is -0.233 e. The average Bonchev–Trinajstić information content (AvgIpc) is 1.68. The first-order valence-electron chi connectivity index (χ1n) is 2.87. The first-order chi connectivity index (χ1) is 3.22. The van der Waals surface area contributed by atoms with Crippen LogP contribution in [0.2, 0.25) is 0 Å². The maximum atomic E-state index is 10.5. The summed E-state index contributed by atoms with van der Waals surface area (Å²) in [6.07, 6.45) is 0.663. The van der Waals surface area contributed by atoms with E-state index >= 15 is 0 Å². The highest BCUT2D eigenvalue weighted by Gasteiger charge is 2.33. The summed E-state index contributed by atoms with van der Waals surface area (Å²) in [6.45, 7) is 4.17. The molecule has 3 atom stereocenters. The Kier molecular flexibility index (Phi) is 1.08. The van der Waals surface area contributed by atoms with Crippen molar-refractivity contribution in [3.05, 3.63) is 0 Å². The van der Waals surface area contributed by atoms with Gasteiger partial charge in [-0.3, -0.25) is 0 Å². The van der Waals surface area contributed by atoms with Crippen LogP contribution >= 0.6 is 0 Å². The van der Waals surface area contributed by atoms with Crippen molar-refractivity contribution in [1.29, 1.82) is 0 Å². The highest BCUT2D eigenvalue weighted by atomic mass is 16.3. The molecule has 0 aliphatic heterocycles. The van der Waals surface area contributed by atoms with Crippen molar-refractivity contribution in [2.24, 2.45) is 11.8 Å². The molecule has 0 saturated heterocycles. The monoisotopic (exact) mass is 99.1 g/mol. The van der Waals surface area contributed by atoms with Crippen molar-refractivity contribution in [3.63, 3.8) is 0 Å². The van der Waals surface area contributed by atoms with Crippen LogP contribution in [0.1, 0.15) is 20.3 Å². The van der Waals surface area contributed by atoms with E-state index in [1.54, 1.807) is 0 Å². The molecule has 0 N–H and O–H groups in total. The zero-order valence-corrected chi connectivity index (χ0v) is 4.85. The van der Waals surface area contributed by atoms with E-state index in [4.69, 9.17) is 0 Å². The quantitative estimate of drug-likeness (QED) is 0.438. The Bertz CT molecular complexity index is 62.6. The van der Waals surface area contributed by atoms with Gasteiger partial charge in [-0.2, -0.15) is 0 Å². The average molecular weight is 99.2 g/mol. The van der Waals surface area contributed by atoms with Gasteiger partial charge in [-0.05, 0) is 18.3 Å². The molecule has 0 heterocycles. The summed E-state index contributed by atoms with van der Waals surface area (Å²) < 4.78 is 0. The Morgan fingerprint density at radius 3 is 2.00 bits per heavy atom. The number of hydrogen-bond acceptors (Lipinski definition) is 0. The molecule has 0 aromatic heterocycles. The molecule has 1 radical (unpaired) electrons. The molecule has 1 unspecified atom stereocenters. The van der Waals surface area contributed by atoms with Crippen LogP contribution in [0.15, 0.2) is 0 Å². The zero-order chi connectivity index (χ0) is 5.44. The maximum Gasteiger partial charge on any atom is 0.0960 e. The molecule has 1 heteroatoms. The summed E-state index contributed by atoms with van der Waals surface area (Å²) in [7, 11) is 0. The Labute approximate surface area is 44.4 Å². The topological polar surface area (TPSA) is 19.9 Å². The molecule has 7 heavy (non-hydrogen) atoms. The fraction of sp³-hybridized carbons (Fsp3) is 1.00. The van der Waals surface area contributed by atoms with Gasteiger partial charge in [0.2, 0.25) is 0 Å². The van der Waals surface area contributed by atoms with Crippen molar-refractivity contribution in [3.8, 4) is 0 Å². The highest BCUT2D eigenvalue weighted by molar-refractivity contribution is 4.82. The van der Waals surface area contributed by atoms with Gasteiger partial charge in [0.15, 0.2) is 0 Å². The third-order valence-electron chi connectivity index (χ3n) is 2.09. The van der Waals surface area contributed by atoms with Crippen LogP contribution in [0.3, 0.4) is 0 Å². The van der Waals surface area contributed by atoms with E-state index in [9.17, 15) is 5.11 Å². The number of hydrogen-bond donors (Lipinski definition) is 0. The summed E-state index contributed by atoms with van der Waals surface area (Å²) in [6, 6.07) is 0. The minimum atomic E-state index is -0.241. The normalized spacial score (nSPS) is 51.0. The van der Waals surface area contributed by atoms with E-state index in [-0.39, 0.29) is 6.10 Å². The molecule has 1 fully saturated rings. The van der Waals surface area contributed by atoms with Gasteiger partial charge in [-0.25, -0.2) is 5.11 Å². The van der Waals surface area contributed by atoms with Gasteiger partial charge in [0, 0.05) is 0 Å². The second kappa shape index (κ2) is 1.48. The predicted octanol–water partition coefficient (Wildman–Crippen LogP) is 1.46. The van der Waals surface area contributed by atoms with Crippen LogP contribution in [0, 0.1) is 11.8 Å². The molecule has 41 valence electrons. The van der Waals surface area contributed by atoms with E-state index in [2.05, 4.69) is 6.92 Å². The Morgan fingerprint density at radius 1 is 1.43 bits per heavy atom. The van der Waals surface area contributed by atoms with Crippen LogP contribution < -0.4 is 0 Å². The van der Waals surface area contributed by atoms with Crippen molar-refractivity contribution in [2.75, 3.05) is 0 Å². The molecule has 0 aromatic rings. The molecule has 1 rings (SSSR count). The van der Waals surface area contributed by atoms with Gasteiger partial charge in [-0.15, -0.1) is 0 Å². The van der Waals surface area contributed by atoms with Gasteiger partial charge in [0.05, 0.1) is 6.10 Å². The zero-order valence-electron chi connectivity index (χ0n) is 4.85. The molecule has 1 saturated carbocycles. The van der Waals surface area contributed by atoms with E-state index in [0.717, 1.165) is 6.42 Å². The Balaban J connectivity index is 2.29. The SMILES string of the molecule is CC1C[C@@H]([O])[C@H]1C. The van der Waals surface area contributed by atoms with Gasteiger partial charge in [0.25, 0.3) is 0 Å². The summed E-state index contributed by atoms with van der Waals surface area (Å²) in [4.78, 5) is 0. The molecule has 1 nitrogen and oxygen atoms in total. The van der Waals surface area contributed by atoms with Crippen molar-refractivity contribution < 1.29 is 5.11 Å². The smallest absolute Gasteiger partial charge is 0.0960 e. The van der Waals surface area contributed by atoms with Crippen molar-refractivity contribution in [1.82, 2.24) is 0 Å². The molecule has 0 amide bonds. The van der Waals surface area contributed by atoms with E-state index in [1.807, 2.05) is 6.92 Å². The van der Waals surface area contributed by atoms with Gasteiger partial charge >= 0.3 is 0 Å². The lowest BCUT2D eigenvalue weighted by Crippen LogP contribution is -2.36. The van der Waals surface area contributed by atoms with Crippen molar-refractivity contribution >= 4 is 0 Å². The van der Waals surface area contributed by atoms with Crippen LogP contribution in [0.25, 0.3) is 0 Å². The van der Waals surface area contributed by atoms with Crippen molar-refractivity contribution in [2.45, 2.75) is 26.4 Å². The molecule has 0 bridgehead atoms. The lowest BCUT2D eigenvalue weighted by molar-refractivity contribution is -0.0633. The van der Waals surface area contributed by atoms with Gasteiger partial charge in [-0.1, -0.05) is 13.8 Å². The second-order valence-electron chi connectivity index (χ2n) is 2.61.